The van der Waals surface area contributed by atoms with Crippen LogP contribution in [0.25, 0.3) is 0 Å². The minimum atomic E-state index is -1.41. The normalized spacial score (nSPS) is 47.4. The summed E-state index contributed by atoms with van der Waals surface area (Å²) in [6, 6.07) is -1.19. The predicted molar refractivity (Wildman–Crippen MR) is 92.8 cm³/mol. The van der Waals surface area contributed by atoms with Crippen LogP contribution in [0.3, 0.4) is 0 Å². The Morgan fingerprint density at radius 3 is 2.50 bits per heavy atom. The summed E-state index contributed by atoms with van der Waals surface area (Å²) in [5.41, 5.74) is 0. The van der Waals surface area contributed by atoms with E-state index in [9.17, 15) is 9.59 Å². The fourth-order valence-electron chi connectivity index (χ4n) is 5.32. The van der Waals surface area contributed by atoms with Gasteiger partial charge in [0, 0.05) is 38.1 Å². The number of alkyl halides is 2. The van der Waals surface area contributed by atoms with Gasteiger partial charge < -0.3 is 5.32 Å². The molecule has 2 aliphatic carbocycles. The van der Waals surface area contributed by atoms with Gasteiger partial charge in [0.05, 0.1) is 17.5 Å². The number of fused-ring (bicyclic) bond motifs is 2. The number of likely N-dealkylation sites (tertiary alicyclic amines) is 1. The van der Waals surface area contributed by atoms with Crippen molar-refractivity contribution in [1.82, 2.24) is 19.8 Å². The number of piperidine rings is 1. The molecule has 0 radical (unpaired) electrons. The van der Waals surface area contributed by atoms with Crippen LogP contribution in [-0.2, 0) is 9.59 Å². The van der Waals surface area contributed by atoms with E-state index in [1.165, 1.54) is 11.9 Å². The first kappa shape index (κ1) is 17.3. The van der Waals surface area contributed by atoms with Crippen LogP contribution in [0.1, 0.15) is 19.3 Å². The first-order chi connectivity index (χ1) is 12.6. The summed E-state index contributed by atoms with van der Waals surface area (Å²) in [4.78, 5) is 29.1. The van der Waals surface area contributed by atoms with Crippen LogP contribution in [0.15, 0.2) is 0 Å². The maximum Gasteiger partial charge on any atom is 0.243 e. The molecule has 7 atom stereocenters. The molecule has 7 unspecified atom stereocenters. The molecule has 6 nitrogen and oxygen atoms in total. The van der Waals surface area contributed by atoms with Gasteiger partial charge in [0.15, 0.2) is 5.78 Å². The molecule has 3 aliphatic heterocycles. The van der Waals surface area contributed by atoms with Gasteiger partial charge in [0.25, 0.3) is 0 Å². The molecule has 0 aromatic rings. The summed E-state index contributed by atoms with van der Waals surface area (Å²) in [7, 11) is 0. The lowest BCUT2D eigenvalue weighted by Crippen LogP contribution is -2.70. The minimum absolute atomic E-state index is 0.0307. The molecule has 5 fully saturated rings. The molecule has 5 aliphatic rings. The van der Waals surface area contributed by atoms with E-state index in [1.54, 1.807) is 0 Å². The third-order valence-corrected chi connectivity index (χ3v) is 7.69. The van der Waals surface area contributed by atoms with E-state index >= 15 is 8.78 Å². The van der Waals surface area contributed by atoms with Crippen molar-refractivity contribution in [3.8, 4) is 0 Å². The Hall–Kier alpha value is -0.770. The zero-order valence-electron chi connectivity index (χ0n) is 14.4. The second kappa shape index (κ2) is 6.39. The van der Waals surface area contributed by atoms with Crippen molar-refractivity contribution in [2.75, 3.05) is 26.2 Å². The number of carbonyl (C=O) groups is 2. The number of hydrogen-bond acceptors (Lipinski definition) is 6. The zero-order valence-corrected chi connectivity index (χ0v) is 15.3. The molecule has 0 aromatic carbocycles. The number of piperazine rings is 1. The highest BCUT2D eigenvalue weighted by atomic mass is 32.2. The van der Waals surface area contributed by atoms with Crippen LogP contribution in [0, 0.1) is 11.8 Å². The van der Waals surface area contributed by atoms with Crippen molar-refractivity contribution in [2.45, 2.75) is 55.1 Å². The highest BCUT2D eigenvalue weighted by Gasteiger charge is 2.63. The third kappa shape index (κ3) is 2.54. The van der Waals surface area contributed by atoms with Crippen LogP contribution in [-0.4, -0.2) is 83.5 Å². The van der Waals surface area contributed by atoms with Gasteiger partial charge in [-0.2, -0.15) is 0 Å². The van der Waals surface area contributed by atoms with Crippen molar-refractivity contribution in [3.63, 3.8) is 0 Å². The first-order valence-corrected chi connectivity index (χ1v) is 10.5. The predicted octanol–water partition coefficient (Wildman–Crippen LogP) is 0.0923. The second-order valence-corrected chi connectivity index (χ2v) is 9.03. The summed E-state index contributed by atoms with van der Waals surface area (Å²) in [6.07, 6.45) is -0.839. The van der Waals surface area contributed by atoms with Gasteiger partial charge in [0.2, 0.25) is 5.91 Å². The monoisotopic (exact) mass is 386 g/mol. The van der Waals surface area contributed by atoms with Gasteiger partial charge in [-0.15, -0.1) is 0 Å². The van der Waals surface area contributed by atoms with E-state index in [1.807, 2.05) is 4.90 Å². The molecular weight excluding hydrogens is 362 g/mol. The Balaban J connectivity index is 1.48. The third-order valence-electron chi connectivity index (χ3n) is 6.61. The Kier molecular flexibility index (Phi) is 4.26. The van der Waals surface area contributed by atoms with Gasteiger partial charge in [-0.25, -0.2) is 8.78 Å². The quantitative estimate of drug-likeness (QED) is 0.518. The number of ketones is 1. The van der Waals surface area contributed by atoms with Crippen molar-refractivity contribution >= 4 is 23.6 Å². The van der Waals surface area contributed by atoms with E-state index in [2.05, 4.69) is 14.9 Å². The number of rotatable bonds is 2. The molecule has 2 N–H and O–H groups in total. The second-order valence-electron chi connectivity index (χ2n) is 8.10. The summed E-state index contributed by atoms with van der Waals surface area (Å²) in [6.45, 7) is 2.71. The van der Waals surface area contributed by atoms with Crippen molar-refractivity contribution < 1.29 is 18.4 Å². The van der Waals surface area contributed by atoms with E-state index in [0.717, 1.165) is 25.9 Å². The molecule has 3 saturated heterocycles. The van der Waals surface area contributed by atoms with Crippen LogP contribution >= 0.6 is 11.9 Å². The smallest absolute Gasteiger partial charge is 0.243 e. The highest BCUT2D eigenvalue weighted by Crippen LogP contribution is 2.50. The lowest BCUT2D eigenvalue weighted by atomic mass is 9.70. The molecule has 2 saturated carbocycles. The highest BCUT2D eigenvalue weighted by molar-refractivity contribution is 7.99. The van der Waals surface area contributed by atoms with E-state index in [4.69, 9.17) is 0 Å². The van der Waals surface area contributed by atoms with E-state index in [0.29, 0.717) is 13.1 Å². The Labute approximate surface area is 155 Å². The fraction of sp³-hybridized carbons (Fsp3) is 0.882. The molecule has 0 bridgehead atoms. The van der Waals surface area contributed by atoms with E-state index < -0.39 is 36.3 Å². The molecule has 0 aromatic heterocycles. The number of nitrogens with one attached hydrogen (secondary N) is 2. The number of amides is 1. The SMILES string of the molecule is O=C1NSC2C1C(=O)C1CC(F)C(N3CCNCC3)C(F)C1N2C1CC1. The van der Waals surface area contributed by atoms with Crippen LogP contribution in [0.4, 0.5) is 8.78 Å². The molecular formula is C17H24F2N4O2S. The summed E-state index contributed by atoms with van der Waals surface area (Å²) in [5.74, 6) is -2.06. The lowest BCUT2D eigenvalue weighted by molar-refractivity contribution is -0.154. The number of hydrogen-bond donors (Lipinski definition) is 2. The van der Waals surface area contributed by atoms with Crippen molar-refractivity contribution in [1.29, 1.82) is 0 Å². The Morgan fingerprint density at radius 2 is 1.81 bits per heavy atom. The standard InChI is InChI=1S/C17H24F2N4O2S/c18-10-7-9-13(12(19)14(10)22-5-3-20-4-6-22)23(8-1-2-8)17-11(15(9)24)16(25)21-26-17/h8-14,17,20H,1-7H2,(H,21,25). The molecule has 9 heteroatoms. The number of Topliss-reactive ketones (excluding diaryl/α,β-unsaturated/α-hetero) is 1. The van der Waals surface area contributed by atoms with Crippen LogP contribution < -0.4 is 10.0 Å². The van der Waals surface area contributed by atoms with Crippen molar-refractivity contribution in [3.05, 3.63) is 0 Å². The summed E-state index contributed by atoms with van der Waals surface area (Å²) in [5, 5.41) is 2.87. The Morgan fingerprint density at radius 1 is 1.08 bits per heavy atom. The molecule has 5 rings (SSSR count). The maximum atomic E-state index is 15.8. The molecule has 3 heterocycles. The summed E-state index contributed by atoms with van der Waals surface area (Å²) >= 11 is 1.23. The molecule has 1 amide bonds. The first-order valence-electron chi connectivity index (χ1n) is 9.57. The number of nitrogens with zero attached hydrogens (tertiary/aromatic N) is 2. The fourth-order valence-corrected chi connectivity index (χ4v) is 6.51. The van der Waals surface area contributed by atoms with Crippen molar-refractivity contribution in [2.24, 2.45) is 11.8 Å². The largest absolute Gasteiger partial charge is 0.314 e. The summed E-state index contributed by atoms with van der Waals surface area (Å²) < 4.78 is 33.5. The Bertz CT molecular complexity index is 616. The van der Waals surface area contributed by atoms with Gasteiger partial charge >= 0.3 is 0 Å². The van der Waals surface area contributed by atoms with Crippen LogP contribution in [0.5, 0.6) is 0 Å². The average molecular weight is 386 g/mol. The molecule has 0 spiro atoms. The number of halogens is 2. The van der Waals surface area contributed by atoms with Gasteiger partial charge in [-0.05, 0) is 31.2 Å². The average Bonchev–Trinajstić information content (AvgIpc) is 3.39. The van der Waals surface area contributed by atoms with Crippen LogP contribution in [0.2, 0.25) is 0 Å². The van der Waals surface area contributed by atoms with E-state index in [-0.39, 0.29) is 29.5 Å². The molecule has 26 heavy (non-hydrogen) atoms. The number of carbonyl (C=O) groups excluding carboxylic acids is 2. The topological polar surface area (TPSA) is 64.7 Å². The minimum Gasteiger partial charge on any atom is -0.314 e. The lowest BCUT2D eigenvalue weighted by Gasteiger charge is -2.53. The zero-order chi connectivity index (χ0) is 18.0. The maximum absolute atomic E-state index is 15.8. The van der Waals surface area contributed by atoms with Gasteiger partial charge in [0.1, 0.15) is 18.3 Å². The van der Waals surface area contributed by atoms with Gasteiger partial charge in [-0.1, -0.05) is 0 Å². The van der Waals surface area contributed by atoms with Gasteiger partial charge in [-0.3, -0.25) is 24.1 Å². The molecule has 144 valence electrons.